The molecule has 0 aliphatic heterocycles. The number of benzene rings is 1. The van der Waals surface area contributed by atoms with Gasteiger partial charge in [0, 0.05) is 6.54 Å². The van der Waals surface area contributed by atoms with E-state index >= 15 is 0 Å². The Kier molecular flexibility index (Phi) is 4.56. The van der Waals surface area contributed by atoms with Crippen molar-refractivity contribution in [3.05, 3.63) is 35.1 Å². The minimum absolute atomic E-state index is 0.241. The standard InChI is InChI=1S/C11H10ClF4NO/c1-2-17-10(18)9(12)7-4-3-6(13)5-8(7)11(14,15)16/h3-5,9H,2H2,1H3,(H,17,18). The molecule has 0 heterocycles. The van der Waals surface area contributed by atoms with Gasteiger partial charge in [0.25, 0.3) is 0 Å². The molecule has 1 aromatic carbocycles. The van der Waals surface area contributed by atoms with E-state index in [1.54, 1.807) is 6.92 Å². The number of carbonyl (C=O) groups is 1. The van der Waals surface area contributed by atoms with Crippen molar-refractivity contribution < 1.29 is 22.4 Å². The van der Waals surface area contributed by atoms with Crippen molar-refractivity contribution in [1.82, 2.24) is 5.32 Å². The molecule has 0 radical (unpaired) electrons. The SMILES string of the molecule is CCNC(=O)C(Cl)c1ccc(F)cc1C(F)(F)F. The Morgan fingerprint density at radius 3 is 2.56 bits per heavy atom. The summed E-state index contributed by atoms with van der Waals surface area (Å²) < 4.78 is 50.9. The van der Waals surface area contributed by atoms with E-state index in [0.717, 1.165) is 12.1 Å². The molecule has 7 heteroatoms. The van der Waals surface area contributed by atoms with Gasteiger partial charge in [-0.25, -0.2) is 4.39 Å². The zero-order chi connectivity index (χ0) is 13.9. The lowest BCUT2D eigenvalue weighted by Crippen LogP contribution is -2.27. The summed E-state index contributed by atoms with van der Waals surface area (Å²) in [5.41, 5.74) is -1.70. The highest BCUT2D eigenvalue weighted by Gasteiger charge is 2.36. The average molecular weight is 284 g/mol. The Morgan fingerprint density at radius 2 is 2.06 bits per heavy atom. The topological polar surface area (TPSA) is 29.1 Å². The maximum atomic E-state index is 12.8. The summed E-state index contributed by atoms with van der Waals surface area (Å²) in [4.78, 5) is 11.4. The lowest BCUT2D eigenvalue weighted by Gasteiger charge is -2.16. The van der Waals surface area contributed by atoms with Crippen LogP contribution in [0.4, 0.5) is 17.6 Å². The van der Waals surface area contributed by atoms with Crippen molar-refractivity contribution >= 4 is 17.5 Å². The summed E-state index contributed by atoms with van der Waals surface area (Å²) in [5.74, 6) is -1.79. The Morgan fingerprint density at radius 1 is 1.44 bits per heavy atom. The van der Waals surface area contributed by atoms with Crippen molar-refractivity contribution in [3.63, 3.8) is 0 Å². The van der Waals surface area contributed by atoms with E-state index in [1.807, 2.05) is 0 Å². The molecular weight excluding hydrogens is 274 g/mol. The van der Waals surface area contributed by atoms with E-state index in [1.165, 1.54) is 0 Å². The molecule has 1 N–H and O–H groups in total. The summed E-state index contributed by atoms with van der Waals surface area (Å²) in [5, 5.41) is 0.793. The number of likely N-dealkylation sites (N-methyl/N-ethyl adjacent to an activating group) is 1. The van der Waals surface area contributed by atoms with E-state index in [-0.39, 0.29) is 6.54 Å². The summed E-state index contributed by atoms with van der Waals surface area (Å²) in [7, 11) is 0. The second kappa shape index (κ2) is 5.56. The normalized spacial score (nSPS) is 13.2. The van der Waals surface area contributed by atoms with Crippen molar-refractivity contribution in [2.45, 2.75) is 18.5 Å². The molecule has 0 aliphatic rings. The van der Waals surface area contributed by atoms with Crippen LogP contribution in [0.15, 0.2) is 18.2 Å². The van der Waals surface area contributed by atoms with Crippen molar-refractivity contribution in [2.24, 2.45) is 0 Å². The van der Waals surface area contributed by atoms with Gasteiger partial charge in [-0.3, -0.25) is 4.79 Å². The van der Waals surface area contributed by atoms with Gasteiger partial charge in [0.2, 0.25) is 5.91 Å². The van der Waals surface area contributed by atoms with Gasteiger partial charge >= 0.3 is 6.18 Å². The molecule has 1 unspecified atom stereocenters. The minimum atomic E-state index is -4.77. The molecule has 1 aromatic rings. The lowest BCUT2D eigenvalue weighted by atomic mass is 10.0. The van der Waals surface area contributed by atoms with Gasteiger partial charge < -0.3 is 5.32 Å². The Labute approximate surface area is 106 Å². The van der Waals surface area contributed by atoms with Crippen LogP contribution in [0.3, 0.4) is 0 Å². The first-order valence-electron chi connectivity index (χ1n) is 5.05. The monoisotopic (exact) mass is 283 g/mol. The molecule has 0 saturated carbocycles. The number of nitrogens with one attached hydrogen (secondary N) is 1. The molecule has 0 spiro atoms. The minimum Gasteiger partial charge on any atom is -0.355 e. The molecule has 1 atom stereocenters. The number of halogens is 5. The van der Waals surface area contributed by atoms with E-state index in [4.69, 9.17) is 11.6 Å². The highest BCUT2D eigenvalue weighted by molar-refractivity contribution is 6.30. The highest BCUT2D eigenvalue weighted by atomic mass is 35.5. The first-order chi connectivity index (χ1) is 8.27. The molecular formula is C11H10ClF4NO. The van der Waals surface area contributed by atoms with Crippen LogP contribution in [0.25, 0.3) is 0 Å². The first-order valence-corrected chi connectivity index (χ1v) is 5.49. The molecule has 100 valence electrons. The molecule has 0 saturated heterocycles. The maximum absolute atomic E-state index is 12.8. The van der Waals surface area contributed by atoms with E-state index < -0.39 is 34.4 Å². The van der Waals surface area contributed by atoms with Crippen LogP contribution >= 0.6 is 11.6 Å². The molecule has 1 rings (SSSR count). The van der Waals surface area contributed by atoms with Crippen LogP contribution < -0.4 is 5.32 Å². The van der Waals surface area contributed by atoms with Crippen LogP contribution in [0.5, 0.6) is 0 Å². The fourth-order valence-electron chi connectivity index (χ4n) is 1.40. The summed E-state index contributed by atoms with van der Waals surface area (Å²) in [6.07, 6.45) is -4.77. The molecule has 0 aliphatic carbocycles. The number of alkyl halides is 4. The quantitative estimate of drug-likeness (QED) is 0.669. The number of rotatable bonds is 3. The smallest absolute Gasteiger partial charge is 0.355 e. The van der Waals surface area contributed by atoms with Crippen molar-refractivity contribution in [1.29, 1.82) is 0 Å². The number of hydrogen-bond acceptors (Lipinski definition) is 1. The second-order valence-corrected chi connectivity index (χ2v) is 3.92. The van der Waals surface area contributed by atoms with E-state index in [2.05, 4.69) is 5.32 Å². The van der Waals surface area contributed by atoms with Crippen LogP contribution in [0.2, 0.25) is 0 Å². The van der Waals surface area contributed by atoms with Gasteiger partial charge in [0.15, 0.2) is 0 Å². The number of amides is 1. The molecule has 0 aromatic heterocycles. The molecule has 1 amide bonds. The Bertz CT molecular complexity index is 447. The van der Waals surface area contributed by atoms with Crippen LogP contribution in [-0.4, -0.2) is 12.5 Å². The van der Waals surface area contributed by atoms with Gasteiger partial charge in [-0.2, -0.15) is 13.2 Å². The van der Waals surface area contributed by atoms with Crippen LogP contribution in [0.1, 0.15) is 23.4 Å². The third kappa shape index (κ3) is 3.35. The second-order valence-electron chi connectivity index (χ2n) is 3.49. The third-order valence-corrected chi connectivity index (χ3v) is 2.61. The molecule has 0 bridgehead atoms. The van der Waals surface area contributed by atoms with Gasteiger partial charge in [-0.1, -0.05) is 6.07 Å². The maximum Gasteiger partial charge on any atom is 0.416 e. The first kappa shape index (κ1) is 14.8. The highest BCUT2D eigenvalue weighted by Crippen LogP contribution is 2.37. The molecule has 2 nitrogen and oxygen atoms in total. The molecule has 18 heavy (non-hydrogen) atoms. The zero-order valence-corrected chi connectivity index (χ0v) is 10.1. The average Bonchev–Trinajstić information content (AvgIpc) is 2.27. The zero-order valence-electron chi connectivity index (χ0n) is 9.31. The predicted molar refractivity (Wildman–Crippen MR) is 58.7 cm³/mol. The van der Waals surface area contributed by atoms with Crippen LogP contribution in [-0.2, 0) is 11.0 Å². The summed E-state index contributed by atoms with van der Waals surface area (Å²) >= 11 is 5.66. The number of carbonyl (C=O) groups excluding carboxylic acids is 1. The lowest BCUT2D eigenvalue weighted by molar-refractivity contribution is -0.138. The number of hydrogen-bond donors (Lipinski definition) is 1. The van der Waals surface area contributed by atoms with Crippen molar-refractivity contribution in [3.8, 4) is 0 Å². The van der Waals surface area contributed by atoms with E-state index in [9.17, 15) is 22.4 Å². The van der Waals surface area contributed by atoms with E-state index in [0.29, 0.717) is 6.07 Å². The van der Waals surface area contributed by atoms with Gasteiger partial charge in [0.05, 0.1) is 5.56 Å². The van der Waals surface area contributed by atoms with Gasteiger partial charge in [0.1, 0.15) is 11.2 Å². The Balaban J connectivity index is 3.20. The fraction of sp³-hybridized carbons (Fsp3) is 0.364. The van der Waals surface area contributed by atoms with Crippen molar-refractivity contribution in [2.75, 3.05) is 6.54 Å². The summed E-state index contributed by atoms with van der Waals surface area (Å²) in [6.45, 7) is 1.85. The fourth-order valence-corrected chi connectivity index (χ4v) is 1.67. The largest absolute Gasteiger partial charge is 0.416 e. The summed E-state index contributed by atoms with van der Waals surface area (Å²) in [6, 6.07) is 2.02. The van der Waals surface area contributed by atoms with Gasteiger partial charge in [-0.05, 0) is 24.6 Å². The molecule has 0 fully saturated rings. The predicted octanol–water partition coefficient (Wildman–Crippen LogP) is 3.26. The third-order valence-electron chi connectivity index (χ3n) is 2.17. The van der Waals surface area contributed by atoms with Crippen LogP contribution in [0, 0.1) is 5.82 Å². The van der Waals surface area contributed by atoms with Gasteiger partial charge in [-0.15, -0.1) is 11.6 Å². The Hall–Kier alpha value is -1.30.